The molecule has 1 aliphatic rings. The van der Waals surface area contributed by atoms with Crippen molar-refractivity contribution in [1.29, 1.82) is 0 Å². The van der Waals surface area contributed by atoms with E-state index in [1.54, 1.807) is 36.8 Å². The number of fused-ring (bicyclic) bond motifs is 1. The van der Waals surface area contributed by atoms with E-state index in [0.29, 0.717) is 12.0 Å². The number of benzene rings is 1. The monoisotopic (exact) mass is 376 g/mol. The molecule has 0 bridgehead atoms. The largest absolute Gasteiger partial charge is 0.354 e. The van der Waals surface area contributed by atoms with Gasteiger partial charge in [-0.05, 0) is 44.0 Å². The average molecular weight is 376 g/mol. The van der Waals surface area contributed by atoms with Gasteiger partial charge in [-0.2, -0.15) is 4.98 Å². The summed E-state index contributed by atoms with van der Waals surface area (Å²) >= 11 is 0. The number of aromatic nitrogens is 5. The van der Waals surface area contributed by atoms with Crippen LogP contribution >= 0.6 is 0 Å². The highest BCUT2D eigenvalue weighted by Gasteiger charge is 2.29. The molecule has 6 nitrogen and oxygen atoms in total. The smallest absolute Gasteiger partial charge is 0.224 e. The van der Waals surface area contributed by atoms with Gasteiger partial charge in [0.05, 0.1) is 6.20 Å². The zero-order valence-electron chi connectivity index (χ0n) is 15.6. The van der Waals surface area contributed by atoms with Gasteiger partial charge in [0.2, 0.25) is 5.95 Å². The van der Waals surface area contributed by atoms with E-state index in [2.05, 4.69) is 24.8 Å². The fourth-order valence-corrected chi connectivity index (χ4v) is 2.93. The Kier molecular flexibility index (Phi) is 5.23. The van der Waals surface area contributed by atoms with Gasteiger partial charge in [0.15, 0.2) is 5.65 Å². The molecule has 3 aromatic heterocycles. The molecule has 0 spiro atoms. The van der Waals surface area contributed by atoms with Crippen molar-refractivity contribution in [3.8, 4) is 11.4 Å². The van der Waals surface area contributed by atoms with E-state index in [9.17, 15) is 4.39 Å². The van der Waals surface area contributed by atoms with Crippen LogP contribution in [0.2, 0.25) is 0 Å². The highest BCUT2D eigenvalue weighted by molar-refractivity contribution is 5.77. The van der Waals surface area contributed by atoms with Crippen molar-refractivity contribution >= 4 is 17.1 Å². The van der Waals surface area contributed by atoms with E-state index in [0.717, 1.165) is 29.1 Å². The molecule has 1 N–H and O–H groups in total. The topological polar surface area (TPSA) is 68.5 Å². The van der Waals surface area contributed by atoms with Gasteiger partial charge in [-0.3, -0.25) is 4.98 Å². The van der Waals surface area contributed by atoms with Crippen molar-refractivity contribution in [2.75, 3.05) is 11.9 Å². The van der Waals surface area contributed by atoms with E-state index in [1.807, 2.05) is 19.1 Å². The number of hydrogen-bond donors (Lipinski definition) is 1. The van der Waals surface area contributed by atoms with Crippen molar-refractivity contribution in [3.63, 3.8) is 0 Å². The van der Waals surface area contributed by atoms with Crippen molar-refractivity contribution in [3.05, 3.63) is 66.9 Å². The molecule has 28 heavy (non-hydrogen) atoms. The summed E-state index contributed by atoms with van der Waals surface area (Å²) in [5, 5.41) is 3.16. The molecular weight excluding hydrogens is 355 g/mol. The highest BCUT2D eigenvalue weighted by atomic mass is 19.1. The zero-order chi connectivity index (χ0) is 19.3. The molecule has 4 aromatic rings. The van der Waals surface area contributed by atoms with Gasteiger partial charge in [0, 0.05) is 30.5 Å². The Hall–Kier alpha value is -3.35. The zero-order valence-corrected chi connectivity index (χ0v) is 15.6. The summed E-state index contributed by atoms with van der Waals surface area (Å²) in [4.78, 5) is 17.8. The average Bonchev–Trinajstić information content (AvgIpc) is 3.50. The fourth-order valence-electron chi connectivity index (χ4n) is 2.93. The number of anilines is 1. The first-order valence-electron chi connectivity index (χ1n) is 9.36. The normalized spacial score (nSPS) is 13.1. The van der Waals surface area contributed by atoms with Crippen LogP contribution in [0, 0.1) is 5.82 Å². The van der Waals surface area contributed by atoms with Crippen molar-refractivity contribution in [2.24, 2.45) is 0 Å². The van der Waals surface area contributed by atoms with E-state index >= 15 is 0 Å². The van der Waals surface area contributed by atoms with E-state index in [-0.39, 0.29) is 5.82 Å². The molecule has 1 aliphatic carbocycles. The number of imidazole rings is 1. The number of hydrogen-bond acceptors (Lipinski definition) is 5. The lowest BCUT2D eigenvalue weighted by atomic mass is 10.2. The quantitative estimate of drug-likeness (QED) is 0.569. The molecule has 1 aromatic carbocycles. The maximum atomic E-state index is 11.9. The summed E-state index contributed by atoms with van der Waals surface area (Å²) in [6.45, 7) is 2.84. The molecule has 0 unspecified atom stereocenters. The fraction of sp³-hybridized carbons (Fsp3) is 0.238. The number of nitrogens with zero attached hydrogens (tertiary/aromatic N) is 5. The lowest BCUT2D eigenvalue weighted by molar-refractivity contribution is 0.628. The van der Waals surface area contributed by atoms with Crippen LogP contribution in [0.25, 0.3) is 22.6 Å². The Bertz CT molecular complexity index is 1040. The predicted molar refractivity (Wildman–Crippen MR) is 107 cm³/mol. The second-order valence-electron chi connectivity index (χ2n) is 6.50. The molecule has 0 aliphatic heterocycles. The van der Waals surface area contributed by atoms with Crippen LogP contribution in [0.5, 0.6) is 0 Å². The molecule has 0 saturated heterocycles. The molecule has 0 radical (unpaired) electrons. The number of pyridine rings is 1. The van der Waals surface area contributed by atoms with Crippen molar-refractivity contribution in [1.82, 2.24) is 24.5 Å². The Labute approximate surface area is 162 Å². The predicted octanol–water partition coefficient (Wildman–Crippen LogP) is 4.48. The van der Waals surface area contributed by atoms with Gasteiger partial charge < -0.3 is 9.88 Å². The minimum atomic E-state index is -0.178. The molecular formula is C21H21FN6. The number of halogens is 1. The van der Waals surface area contributed by atoms with E-state index < -0.39 is 0 Å². The minimum Gasteiger partial charge on any atom is -0.354 e. The lowest BCUT2D eigenvalue weighted by Gasteiger charge is -2.07. The first-order chi connectivity index (χ1) is 13.8. The van der Waals surface area contributed by atoms with Crippen LogP contribution in [0.3, 0.4) is 0 Å². The van der Waals surface area contributed by atoms with Gasteiger partial charge in [0.25, 0.3) is 0 Å². The summed E-state index contributed by atoms with van der Waals surface area (Å²) in [6.07, 6.45) is 7.75. The third-order valence-corrected chi connectivity index (χ3v) is 4.35. The van der Waals surface area contributed by atoms with Crippen LogP contribution in [0.15, 0.2) is 61.1 Å². The van der Waals surface area contributed by atoms with Crippen LogP contribution < -0.4 is 5.32 Å². The second kappa shape index (κ2) is 8.12. The van der Waals surface area contributed by atoms with Gasteiger partial charge >= 0.3 is 0 Å². The maximum Gasteiger partial charge on any atom is 0.224 e. The van der Waals surface area contributed by atoms with Crippen LogP contribution in [0.1, 0.15) is 25.8 Å². The molecule has 7 heteroatoms. The SMILES string of the molecule is CCNc1ncc2nc(-c3ccncc3)n(C3CC3)c2n1.Fc1ccccc1. The van der Waals surface area contributed by atoms with Crippen molar-refractivity contribution < 1.29 is 4.39 Å². The molecule has 1 fully saturated rings. The van der Waals surface area contributed by atoms with Crippen molar-refractivity contribution in [2.45, 2.75) is 25.8 Å². The third kappa shape index (κ3) is 3.98. The lowest BCUT2D eigenvalue weighted by Crippen LogP contribution is -2.04. The van der Waals surface area contributed by atoms with Crippen LogP contribution in [-0.2, 0) is 0 Å². The summed E-state index contributed by atoms with van der Waals surface area (Å²) < 4.78 is 14.1. The van der Waals surface area contributed by atoms with E-state index in [1.165, 1.54) is 25.0 Å². The minimum absolute atomic E-state index is 0.178. The Morgan fingerprint density at radius 2 is 1.82 bits per heavy atom. The highest BCUT2D eigenvalue weighted by Crippen LogP contribution is 2.40. The summed E-state index contributed by atoms with van der Waals surface area (Å²) in [5.41, 5.74) is 2.82. The summed E-state index contributed by atoms with van der Waals surface area (Å²) in [6, 6.07) is 12.4. The van der Waals surface area contributed by atoms with Crippen LogP contribution in [0.4, 0.5) is 10.3 Å². The molecule has 0 atom stereocenters. The van der Waals surface area contributed by atoms with Gasteiger partial charge in [-0.15, -0.1) is 0 Å². The third-order valence-electron chi connectivity index (χ3n) is 4.35. The van der Waals surface area contributed by atoms with Gasteiger partial charge in [0.1, 0.15) is 17.2 Å². The molecule has 142 valence electrons. The maximum absolute atomic E-state index is 11.9. The molecule has 0 amide bonds. The van der Waals surface area contributed by atoms with E-state index in [4.69, 9.17) is 4.98 Å². The number of rotatable bonds is 4. The molecule has 3 heterocycles. The Balaban J connectivity index is 0.000000233. The molecule has 5 rings (SSSR count). The first-order valence-corrected chi connectivity index (χ1v) is 9.36. The summed E-state index contributed by atoms with van der Waals surface area (Å²) in [5.74, 6) is 1.44. The Morgan fingerprint density at radius 3 is 2.43 bits per heavy atom. The number of nitrogens with one attached hydrogen (secondary N) is 1. The van der Waals surface area contributed by atoms with Crippen LogP contribution in [-0.4, -0.2) is 31.0 Å². The second-order valence-corrected chi connectivity index (χ2v) is 6.50. The summed E-state index contributed by atoms with van der Waals surface area (Å²) in [7, 11) is 0. The first kappa shape index (κ1) is 18.0. The van der Waals surface area contributed by atoms with Gasteiger partial charge in [-0.25, -0.2) is 14.4 Å². The Morgan fingerprint density at radius 1 is 1.07 bits per heavy atom. The van der Waals surface area contributed by atoms with Gasteiger partial charge in [-0.1, -0.05) is 18.2 Å². The standard InChI is InChI=1S/C15H16N6.C6H5F/c1-2-17-15-18-9-12-14(20-15)21(11-3-4-11)13(19-12)10-5-7-16-8-6-10;7-6-4-2-1-3-5-6/h5-9,11H,2-4H2,1H3,(H,17,18,20);1-5H. The molecule has 1 saturated carbocycles.